The summed E-state index contributed by atoms with van der Waals surface area (Å²) in [6.07, 6.45) is 88.2. The van der Waals surface area contributed by atoms with E-state index in [1.54, 1.807) is 6.08 Å². The summed E-state index contributed by atoms with van der Waals surface area (Å²) in [4.78, 5) is 13.1. The van der Waals surface area contributed by atoms with E-state index in [0.717, 1.165) is 77.0 Å². The lowest BCUT2D eigenvalue weighted by molar-refractivity contribution is -0.302. The number of carbonyl (C=O) groups is 1. The van der Waals surface area contributed by atoms with Crippen LogP contribution in [0.1, 0.15) is 328 Å². The molecular weight excluding hydrogens is 1070 g/mol. The van der Waals surface area contributed by atoms with Crippen LogP contribution >= 0.6 is 0 Å². The smallest absolute Gasteiger partial charge is 0.220 e. The average molecular weight is 1200 g/mol. The number of ether oxygens (including phenoxy) is 2. The summed E-state index contributed by atoms with van der Waals surface area (Å²) in [5, 5.41) is 54.7. The molecule has 1 aliphatic rings. The van der Waals surface area contributed by atoms with Crippen LogP contribution in [0, 0.1) is 0 Å². The van der Waals surface area contributed by atoms with Gasteiger partial charge in [-0.25, -0.2) is 0 Å². The van der Waals surface area contributed by atoms with Gasteiger partial charge in [0.25, 0.3) is 0 Å². The van der Waals surface area contributed by atoms with E-state index in [4.69, 9.17) is 9.47 Å². The third-order valence-corrected chi connectivity index (χ3v) is 16.9. The molecule has 1 aliphatic heterocycles. The summed E-state index contributed by atoms with van der Waals surface area (Å²) in [7, 11) is 0. The molecule has 0 aromatic heterocycles. The summed E-state index contributed by atoms with van der Waals surface area (Å²) < 4.78 is 11.3. The fraction of sp³-hybridized carbons (Fsp3) is 0.779. The van der Waals surface area contributed by atoms with Crippen molar-refractivity contribution >= 4 is 5.91 Å². The van der Waals surface area contributed by atoms with Crippen molar-refractivity contribution in [1.82, 2.24) is 5.32 Å². The van der Waals surface area contributed by atoms with Gasteiger partial charge in [0.2, 0.25) is 5.91 Å². The first-order chi connectivity index (χ1) is 42.3. The molecule has 0 aromatic rings. The minimum atomic E-state index is -1.58. The molecule has 1 rings (SSSR count). The third-order valence-electron chi connectivity index (χ3n) is 16.9. The van der Waals surface area contributed by atoms with E-state index >= 15 is 0 Å². The topological polar surface area (TPSA) is 149 Å². The molecule has 0 spiro atoms. The number of hydrogen-bond acceptors (Lipinski definition) is 8. The number of allylic oxidation sites excluding steroid dienone is 15. The fourth-order valence-electron chi connectivity index (χ4n) is 11.2. The van der Waals surface area contributed by atoms with Crippen LogP contribution in [0.4, 0.5) is 0 Å². The van der Waals surface area contributed by atoms with Crippen LogP contribution in [0.3, 0.4) is 0 Å². The highest BCUT2D eigenvalue weighted by Crippen LogP contribution is 2.23. The van der Waals surface area contributed by atoms with Gasteiger partial charge in [0.1, 0.15) is 24.4 Å². The van der Waals surface area contributed by atoms with E-state index < -0.39 is 49.5 Å². The number of hydrogen-bond donors (Lipinski definition) is 6. The second-order valence-corrected chi connectivity index (χ2v) is 25.0. The number of nitrogens with one attached hydrogen (secondary N) is 1. The standard InChI is InChI=1S/C77H137NO8/c1-3-5-7-9-11-13-15-17-19-21-23-25-27-29-30-31-32-33-34-35-36-37-38-39-40-41-42-43-45-47-49-51-53-55-57-59-61-63-65-67-73(81)78-70(69-85-77-76(84)75(83)74(82)72(68-79)86-77)71(80)66-64-62-60-58-56-54-52-50-48-46-44-28-26-24-22-20-18-16-14-12-10-8-6-4-2/h5,7,11,13,17,19,23,25,29-30,48,50,56,58,64,66,70-72,74-77,79-80,82-84H,3-4,6,8-10,12,14-16,18,20-22,24,26-28,31-47,49,51-55,57,59-63,65,67-69H2,1-2H3,(H,78,81)/b7-5-,13-11-,19-17-,25-23-,30-29-,50-48+,58-56+,66-64+. The molecule has 1 heterocycles. The van der Waals surface area contributed by atoms with Crippen molar-refractivity contribution in [3.63, 3.8) is 0 Å². The first kappa shape index (κ1) is 81.1. The maximum atomic E-state index is 13.1. The van der Waals surface area contributed by atoms with Gasteiger partial charge in [-0.3, -0.25) is 4.79 Å². The van der Waals surface area contributed by atoms with E-state index in [1.165, 1.54) is 231 Å². The summed E-state index contributed by atoms with van der Waals surface area (Å²) in [6, 6.07) is -0.832. The summed E-state index contributed by atoms with van der Waals surface area (Å²) in [5.41, 5.74) is 0. The number of aliphatic hydroxyl groups excluding tert-OH is 5. The molecule has 86 heavy (non-hydrogen) atoms. The Hall–Kier alpha value is -2.89. The highest BCUT2D eigenvalue weighted by molar-refractivity contribution is 5.76. The molecular formula is C77H137NO8. The van der Waals surface area contributed by atoms with Gasteiger partial charge in [-0.1, -0.05) is 329 Å². The number of aliphatic hydroxyl groups is 5. The summed E-state index contributed by atoms with van der Waals surface area (Å²) in [6.45, 7) is 3.68. The van der Waals surface area contributed by atoms with Crippen LogP contribution in [-0.4, -0.2) is 87.5 Å². The highest BCUT2D eigenvalue weighted by Gasteiger charge is 2.44. The van der Waals surface area contributed by atoms with Gasteiger partial charge < -0.3 is 40.3 Å². The van der Waals surface area contributed by atoms with E-state index in [1.807, 2.05) is 6.08 Å². The van der Waals surface area contributed by atoms with Gasteiger partial charge in [0.05, 0.1) is 25.4 Å². The van der Waals surface area contributed by atoms with Crippen LogP contribution < -0.4 is 5.32 Å². The van der Waals surface area contributed by atoms with Gasteiger partial charge in [0.15, 0.2) is 6.29 Å². The Balaban J connectivity index is 2.10. The minimum absolute atomic E-state index is 0.187. The zero-order valence-corrected chi connectivity index (χ0v) is 55.8. The zero-order chi connectivity index (χ0) is 62.1. The van der Waals surface area contributed by atoms with Crippen LogP contribution in [-0.2, 0) is 14.3 Å². The second kappa shape index (κ2) is 65.1. The molecule has 7 atom stereocenters. The lowest BCUT2D eigenvalue weighted by Gasteiger charge is -2.40. The molecule has 1 saturated heterocycles. The van der Waals surface area contributed by atoms with Crippen molar-refractivity contribution in [2.75, 3.05) is 13.2 Å². The Kier molecular flexibility index (Phi) is 61.4. The van der Waals surface area contributed by atoms with E-state index in [-0.39, 0.29) is 12.5 Å². The van der Waals surface area contributed by atoms with Crippen molar-refractivity contribution in [1.29, 1.82) is 0 Å². The number of rotatable bonds is 63. The third kappa shape index (κ3) is 53.0. The molecule has 0 aliphatic carbocycles. The van der Waals surface area contributed by atoms with Crippen LogP contribution in [0.25, 0.3) is 0 Å². The van der Waals surface area contributed by atoms with Gasteiger partial charge in [0, 0.05) is 6.42 Å². The van der Waals surface area contributed by atoms with Gasteiger partial charge in [-0.05, 0) is 89.9 Å². The Morgan fingerprint density at radius 2 is 0.733 bits per heavy atom. The van der Waals surface area contributed by atoms with Crippen molar-refractivity contribution in [3.8, 4) is 0 Å². The van der Waals surface area contributed by atoms with Crippen molar-refractivity contribution in [2.45, 2.75) is 371 Å². The van der Waals surface area contributed by atoms with Crippen molar-refractivity contribution in [2.24, 2.45) is 0 Å². The van der Waals surface area contributed by atoms with E-state index in [0.29, 0.717) is 6.42 Å². The number of unbranched alkanes of at least 4 members (excludes halogenated alkanes) is 39. The lowest BCUT2D eigenvalue weighted by atomic mass is 9.99. The maximum Gasteiger partial charge on any atom is 0.220 e. The largest absolute Gasteiger partial charge is 0.394 e. The first-order valence-electron chi connectivity index (χ1n) is 36.5. The minimum Gasteiger partial charge on any atom is -0.394 e. The molecule has 1 fully saturated rings. The van der Waals surface area contributed by atoms with Gasteiger partial charge in [-0.2, -0.15) is 0 Å². The predicted octanol–water partition coefficient (Wildman–Crippen LogP) is 20.3. The molecule has 1 amide bonds. The van der Waals surface area contributed by atoms with Crippen LogP contribution in [0.5, 0.6) is 0 Å². The normalized spacial score (nSPS) is 18.6. The molecule has 0 saturated carbocycles. The Labute approximate surface area is 530 Å². The molecule has 7 unspecified atom stereocenters. The van der Waals surface area contributed by atoms with Crippen molar-refractivity contribution < 1.29 is 39.8 Å². The predicted molar refractivity (Wildman–Crippen MR) is 368 cm³/mol. The molecule has 0 radical (unpaired) electrons. The average Bonchev–Trinajstić information content (AvgIpc) is 3.55. The molecule has 9 nitrogen and oxygen atoms in total. The van der Waals surface area contributed by atoms with Gasteiger partial charge in [-0.15, -0.1) is 0 Å². The zero-order valence-electron chi connectivity index (χ0n) is 55.8. The quantitative estimate of drug-likeness (QED) is 0.0261. The van der Waals surface area contributed by atoms with Gasteiger partial charge >= 0.3 is 0 Å². The molecule has 498 valence electrons. The number of amides is 1. The SMILES string of the molecule is CC/C=C\C/C=C\C/C=C\C/C=C\C/C=C\CCCCCCCCCCCCCCCCCCCCCCCCCC(=O)NC(COC1OC(CO)C(O)C(O)C1O)C(O)/C=C/CC/C=C/CC/C=C/CCCCCCCCCCCCCCCC. The van der Waals surface area contributed by atoms with Crippen LogP contribution in [0.15, 0.2) is 97.2 Å². The molecule has 0 bridgehead atoms. The lowest BCUT2D eigenvalue weighted by Crippen LogP contribution is -2.60. The maximum absolute atomic E-state index is 13.1. The van der Waals surface area contributed by atoms with Crippen molar-refractivity contribution in [3.05, 3.63) is 97.2 Å². The highest BCUT2D eigenvalue weighted by atomic mass is 16.7. The monoisotopic (exact) mass is 1200 g/mol. The van der Waals surface area contributed by atoms with E-state index in [2.05, 4.69) is 104 Å². The Morgan fingerprint density at radius 1 is 0.407 bits per heavy atom. The summed E-state index contributed by atoms with van der Waals surface area (Å²) in [5.74, 6) is -0.187. The second-order valence-electron chi connectivity index (χ2n) is 25.0. The first-order valence-corrected chi connectivity index (χ1v) is 36.5. The number of carbonyl (C=O) groups excluding carboxylic acids is 1. The van der Waals surface area contributed by atoms with E-state index in [9.17, 15) is 30.3 Å². The van der Waals surface area contributed by atoms with Crippen LogP contribution in [0.2, 0.25) is 0 Å². The molecule has 9 heteroatoms. The molecule has 6 N–H and O–H groups in total. The Bertz CT molecular complexity index is 1680. The Morgan fingerprint density at radius 3 is 1.12 bits per heavy atom. The fourth-order valence-corrected chi connectivity index (χ4v) is 11.2. The summed E-state index contributed by atoms with van der Waals surface area (Å²) >= 11 is 0. The molecule has 0 aromatic carbocycles.